The predicted octanol–water partition coefficient (Wildman–Crippen LogP) is 4.69. The Labute approximate surface area is 181 Å². The zero-order chi connectivity index (χ0) is 22.0. The number of hydrogen-bond donors (Lipinski definition) is 2. The summed E-state index contributed by atoms with van der Waals surface area (Å²) in [6, 6.07) is 14.7. The summed E-state index contributed by atoms with van der Waals surface area (Å²) in [5.74, 6) is 0.528. The van der Waals surface area contributed by atoms with E-state index in [1.807, 2.05) is 0 Å². The van der Waals surface area contributed by atoms with Crippen LogP contribution in [0, 0.1) is 0 Å². The largest absolute Gasteiger partial charge is 0.504 e. The third-order valence-corrected chi connectivity index (χ3v) is 4.80. The Morgan fingerprint density at radius 2 is 2.03 bits per heavy atom. The number of nitrogens with zero attached hydrogens (tertiary/aromatic N) is 1. The molecule has 0 saturated heterocycles. The van der Waals surface area contributed by atoms with Crippen molar-refractivity contribution in [3.63, 3.8) is 0 Å². The first-order valence-corrected chi connectivity index (χ1v) is 9.59. The number of rotatable bonds is 6. The minimum atomic E-state index is -0.376. The zero-order valence-electron chi connectivity index (χ0n) is 16.3. The highest BCUT2D eigenvalue weighted by Crippen LogP contribution is 2.27. The van der Waals surface area contributed by atoms with Gasteiger partial charge >= 0.3 is 5.69 Å². The number of aromatic hydroxyl groups is 1. The van der Waals surface area contributed by atoms with Crippen LogP contribution in [-0.4, -0.2) is 27.6 Å². The van der Waals surface area contributed by atoms with Crippen LogP contribution in [0.2, 0.25) is 5.22 Å². The molecule has 4 aromatic rings. The van der Waals surface area contributed by atoms with E-state index in [2.05, 4.69) is 4.98 Å². The van der Waals surface area contributed by atoms with Gasteiger partial charge < -0.3 is 19.2 Å². The molecule has 0 bridgehead atoms. The highest BCUT2D eigenvalue weighted by molar-refractivity contribution is 6.29. The number of methoxy groups -OCH3 is 1. The second-order valence-corrected chi connectivity index (χ2v) is 7.00. The van der Waals surface area contributed by atoms with E-state index in [1.165, 1.54) is 23.8 Å². The van der Waals surface area contributed by atoms with Crippen molar-refractivity contribution >= 4 is 23.5 Å². The molecule has 0 aliphatic rings. The van der Waals surface area contributed by atoms with Crippen LogP contribution in [0.5, 0.6) is 11.5 Å². The fourth-order valence-corrected chi connectivity index (χ4v) is 3.19. The van der Waals surface area contributed by atoms with Gasteiger partial charge in [-0.15, -0.1) is 0 Å². The van der Waals surface area contributed by atoms with Gasteiger partial charge in [0.05, 0.1) is 12.8 Å². The van der Waals surface area contributed by atoms with Crippen molar-refractivity contribution in [1.82, 2.24) is 9.55 Å². The van der Waals surface area contributed by atoms with E-state index in [0.29, 0.717) is 34.0 Å². The Hall–Kier alpha value is -3.97. The second kappa shape index (κ2) is 8.41. The maximum atomic E-state index is 12.6. The number of H-pyrrole nitrogens is 1. The molecule has 0 radical (unpaired) electrons. The average Bonchev–Trinajstić information content (AvgIpc) is 3.38. The third kappa shape index (κ3) is 4.31. The molecule has 2 N–H and O–H groups in total. The number of aromatic nitrogens is 2. The molecular weight excluding hydrogens is 420 g/mol. The SMILES string of the molecule is COc1cc(/C=C/C(=O)c2cccc(-n3cc(-c4ccc(Cl)o4)[nH]c3=O)c2)ccc1O. The van der Waals surface area contributed by atoms with Crippen LogP contribution in [-0.2, 0) is 0 Å². The van der Waals surface area contributed by atoms with Gasteiger partial charge in [-0.1, -0.05) is 24.3 Å². The Kier molecular flexibility index (Phi) is 5.51. The summed E-state index contributed by atoms with van der Waals surface area (Å²) >= 11 is 5.80. The highest BCUT2D eigenvalue weighted by Gasteiger charge is 2.12. The van der Waals surface area contributed by atoms with Gasteiger partial charge in [0.25, 0.3) is 0 Å². The lowest BCUT2D eigenvalue weighted by molar-refractivity contribution is 0.104. The summed E-state index contributed by atoms with van der Waals surface area (Å²) in [5, 5.41) is 9.89. The fourth-order valence-electron chi connectivity index (χ4n) is 3.05. The number of imidazole rings is 1. The number of aromatic amines is 1. The van der Waals surface area contributed by atoms with E-state index in [4.69, 9.17) is 20.8 Å². The van der Waals surface area contributed by atoms with Crippen molar-refractivity contribution in [2.45, 2.75) is 0 Å². The molecule has 0 unspecified atom stereocenters. The molecule has 8 heteroatoms. The summed E-state index contributed by atoms with van der Waals surface area (Å²) in [6.07, 6.45) is 4.62. The number of phenolic OH excluding ortho intramolecular Hbond substituents is 1. The van der Waals surface area contributed by atoms with E-state index in [0.717, 1.165) is 0 Å². The van der Waals surface area contributed by atoms with E-state index >= 15 is 0 Å². The number of ether oxygens (including phenoxy) is 1. The molecular formula is C23H17ClN2O5. The second-order valence-electron chi connectivity index (χ2n) is 6.63. The highest BCUT2D eigenvalue weighted by atomic mass is 35.5. The van der Waals surface area contributed by atoms with Crippen molar-refractivity contribution in [3.05, 3.63) is 93.7 Å². The van der Waals surface area contributed by atoms with Crippen LogP contribution in [0.3, 0.4) is 0 Å². The number of hydrogen-bond acceptors (Lipinski definition) is 5. The number of carbonyl (C=O) groups excluding carboxylic acids is 1. The van der Waals surface area contributed by atoms with E-state index in [1.54, 1.807) is 60.8 Å². The lowest BCUT2D eigenvalue weighted by atomic mass is 10.1. The Bertz CT molecular complexity index is 1350. The van der Waals surface area contributed by atoms with Crippen molar-refractivity contribution in [1.29, 1.82) is 0 Å². The van der Waals surface area contributed by atoms with Crippen molar-refractivity contribution in [2.75, 3.05) is 7.11 Å². The Balaban J connectivity index is 1.59. The monoisotopic (exact) mass is 436 g/mol. The summed E-state index contributed by atoms with van der Waals surface area (Å²) in [4.78, 5) is 27.8. The van der Waals surface area contributed by atoms with E-state index in [-0.39, 0.29) is 22.4 Å². The number of carbonyl (C=O) groups is 1. The quantitative estimate of drug-likeness (QED) is 0.337. The van der Waals surface area contributed by atoms with Gasteiger partial charge in [0.1, 0.15) is 5.69 Å². The molecule has 0 fully saturated rings. The summed E-state index contributed by atoms with van der Waals surface area (Å²) < 4.78 is 11.8. The molecule has 2 aromatic carbocycles. The molecule has 31 heavy (non-hydrogen) atoms. The molecule has 2 heterocycles. The van der Waals surface area contributed by atoms with Gasteiger partial charge in [-0.25, -0.2) is 4.79 Å². The standard InChI is InChI=1S/C23H17ClN2O5/c1-30-21-11-14(6-8-19(21)28)5-7-18(27)15-3-2-4-16(12-15)26-13-17(25-23(26)29)20-9-10-22(24)31-20/h2-13,28H,1H3,(H,25,29)/b7-5+. The number of benzene rings is 2. The average molecular weight is 437 g/mol. The third-order valence-electron chi connectivity index (χ3n) is 4.60. The van der Waals surface area contributed by atoms with Crippen molar-refractivity contribution in [3.8, 4) is 28.6 Å². The molecule has 7 nitrogen and oxygen atoms in total. The molecule has 4 rings (SSSR count). The molecule has 0 saturated carbocycles. The minimum Gasteiger partial charge on any atom is -0.504 e. The summed E-state index contributed by atoms with van der Waals surface area (Å²) in [6.45, 7) is 0. The first kappa shape index (κ1) is 20.3. The number of halogens is 1. The van der Waals surface area contributed by atoms with Crippen molar-refractivity contribution < 1.29 is 19.1 Å². The van der Waals surface area contributed by atoms with Gasteiger partial charge in [0.15, 0.2) is 28.3 Å². The predicted molar refractivity (Wildman–Crippen MR) is 117 cm³/mol. The number of phenols is 1. The van der Waals surface area contributed by atoms with Crippen LogP contribution >= 0.6 is 11.6 Å². The molecule has 0 aliphatic heterocycles. The molecule has 0 atom stereocenters. The van der Waals surface area contributed by atoms with E-state index in [9.17, 15) is 14.7 Å². The molecule has 156 valence electrons. The van der Waals surface area contributed by atoms with Gasteiger partial charge in [0.2, 0.25) is 0 Å². The minimum absolute atomic E-state index is 0.0202. The summed E-state index contributed by atoms with van der Waals surface area (Å²) in [7, 11) is 1.45. The van der Waals surface area contributed by atoms with Crippen LogP contribution < -0.4 is 10.4 Å². The van der Waals surface area contributed by atoms with Crippen LogP contribution in [0.25, 0.3) is 23.2 Å². The van der Waals surface area contributed by atoms with Gasteiger partial charge in [-0.3, -0.25) is 9.36 Å². The molecule has 0 aliphatic carbocycles. The zero-order valence-corrected chi connectivity index (χ0v) is 17.1. The Morgan fingerprint density at radius 3 is 2.77 bits per heavy atom. The van der Waals surface area contributed by atoms with Crippen LogP contribution in [0.15, 0.2) is 76.1 Å². The van der Waals surface area contributed by atoms with Crippen molar-refractivity contribution in [2.24, 2.45) is 0 Å². The number of ketones is 1. The maximum absolute atomic E-state index is 12.6. The van der Waals surface area contributed by atoms with E-state index < -0.39 is 0 Å². The van der Waals surface area contributed by atoms with Gasteiger partial charge in [0, 0.05) is 11.8 Å². The number of nitrogens with one attached hydrogen (secondary N) is 1. The first-order valence-electron chi connectivity index (χ1n) is 9.22. The van der Waals surface area contributed by atoms with Gasteiger partial charge in [-0.2, -0.15) is 0 Å². The summed E-state index contributed by atoms with van der Waals surface area (Å²) in [5.41, 5.74) is 1.72. The maximum Gasteiger partial charge on any atom is 0.330 e. The smallest absolute Gasteiger partial charge is 0.330 e. The first-order chi connectivity index (χ1) is 14.9. The fraction of sp³-hybridized carbons (Fsp3) is 0.0435. The number of allylic oxidation sites excluding steroid dienone is 1. The lowest BCUT2D eigenvalue weighted by Crippen LogP contribution is -2.14. The van der Waals surface area contributed by atoms with Crippen LogP contribution in [0.4, 0.5) is 0 Å². The molecule has 2 aromatic heterocycles. The van der Waals surface area contributed by atoms with Gasteiger partial charge in [-0.05, 0) is 59.6 Å². The molecule has 0 amide bonds. The number of furan rings is 1. The lowest BCUT2D eigenvalue weighted by Gasteiger charge is -2.04. The molecule has 0 spiro atoms. The normalized spacial score (nSPS) is 11.2. The topological polar surface area (TPSA) is 97.5 Å². The Morgan fingerprint density at radius 1 is 1.19 bits per heavy atom. The van der Waals surface area contributed by atoms with Crippen LogP contribution in [0.1, 0.15) is 15.9 Å².